The standard InChI is InChI=1S/C17H17NO4S/c1-18-10-16(11-3-6-13(7-4-11)23(2,21)22)15-9-12(19)5-8-14(15)17(18)20/h3-10,19,21-22H,1-2H3. The van der Waals surface area contributed by atoms with Gasteiger partial charge in [0.25, 0.3) is 5.56 Å². The summed E-state index contributed by atoms with van der Waals surface area (Å²) in [5, 5.41) is 10.9. The summed E-state index contributed by atoms with van der Waals surface area (Å²) in [5.41, 5.74) is 1.48. The van der Waals surface area contributed by atoms with Gasteiger partial charge in [0.05, 0.1) is 4.90 Å². The SMILES string of the molecule is Cn1cc(-c2ccc(S(C)(O)O)cc2)c2cc(O)ccc2c1=O. The third-order valence-electron chi connectivity index (χ3n) is 3.78. The lowest BCUT2D eigenvalue weighted by Crippen LogP contribution is -2.16. The minimum absolute atomic E-state index is 0.0892. The Labute approximate surface area is 134 Å². The average molecular weight is 331 g/mol. The van der Waals surface area contributed by atoms with E-state index >= 15 is 0 Å². The summed E-state index contributed by atoms with van der Waals surface area (Å²) in [6.07, 6.45) is 3.09. The number of rotatable bonds is 2. The molecular weight excluding hydrogens is 314 g/mol. The largest absolute Gasteiger partial charge is 0.508 e. The molecule has 0 aliphatic rings. The van der Waals surface area contributed by atoms with Crippen molar-refractivity contribution in [3.8, 4) is 16.9 Å². The highest BCUT2D eigenvalue weighted by Crippen LogP contribution is 2.44. The van der Waals surface area contributed by atoms with Crippen molar-refractivity contribution in [3.63, 3.8) is 0 Å². The number of aromatic nitrogens is 1. The first-order valence-electron chi connectivity index (χ1n) is 6.93. The summed E-state index contributed by atoms with van der Waals surface area (Å²) in [6, 6.07) is 11.5. The molecule has 0 spiro atoms. The molecule has 0 atom stereocenters. The molecule has 3 aromatic rings. The van der Waals surface area contributed by atoms with E-state index in [1.54, 1.807) is 49.6 Å². The Bertz CT molecular complexity index is 940. The van der Waals surface area contributed by atoms with Crippen LogP contribution in [0, 0.1) is 0 Å². The molecule has 0 bridgehead atoms. The molecule has 0 fully saturated rings. The number of fused-ring (bicyclic) bond motifs is 1. The minimum Gasteiger partial charge on any atom is -0.508 e. The van der Waals surface area contributed by atoms with Crippen molar-refractivity contribution in [3.05, 3.63) is 59.0 Å². The smallest absolute Gasteiger partial charge is 0.258 e. The van der Waals surface area contributed by atoms with Gasteiger partial charge in [-0.25, -0.2) is 0 Å². The van der Waals surface area contributed by atoms with E-state index in [2.05, 4.69) is 0 Å². The fourth-order valence-electron chi connectivity index (χ4n) is 2.58. The number of aryl methyl sites for hydroxylation is 1. The van der Waals surface area contributed by atoms with Gasteiger partial charge in [0.1, 0.15) is 5.75 Å². The number of phenolic OH excluding ortho intramolecular Hbond substituents is 1. The first kappa shape index (κ1) is 15.6. The normalized spacial score (nSPS) is 12.5. The van der Waals surface area contributed by atoms with Crippen molar-refractivity contribution in [2.75, 3.05) is 6.26 Å². The summed E-state index contributed by atoms with van der Waals surface area (Å²) in [7, 11) is -1.09. The molecule has 1 heterocycles. The predicted octanol–water partition coefficient (Wildman–Crippen LogP) is 3.65. The highest BCUT2D eigenvalue weighted by molar-refractivity contribution is 8.23. The molecule has 0 aliphatic heterocycles. The fourth-order valence-corrected chi connectivity index (χ4v) is 3.23. The molecule has 0 unspecified atom stereocenters. The third-order valence-corrected chi connectivity index (χ3v) is 4.94. The summed E-state index contributed by atoms with van der Waals surface area (Å²) < 4.78 is 20.9. The van der Waals surface area contributed by atoms with Crippen LogP contribution in [-0.4, -0.2) is 25.0 Å². The van der Waals surface area contributed by atoms with E-state index in [1.807, 2.05) is 0 Å². The lowest BCUT2D eigenvalue weighted by molar-refractivity contribution is 0.476. The number of phenols is 1. The van der Waals surface area contributed by atoms with Gasteiger partial charge in [-0.2, -0.15) is 10.6 Å². The zero-order valence-corrected chi connectivity index (χ0v) is 13.5. The molecule has 6 heteroatoms. The number of aromatic hydroxyl groups is 1. The summed E-state index contributed by atoms with van der Waals surface area (Å²) >= 11 is 0. The number of hydrogen-bond acceptors (Lipinski definition) is 4. The van der Waals surface area contributed by atoms with E-state index in [-0.39, 0.29) is 11.3 Å². The molecule has 0 aliphatic carbocycles. The number of hydrogen-bond donors (Lipinski definition) is 3. The van der Waals surface area contributed by atoms with Crippen molar-refractivity contribution in [1.29, 1.82) is 0 Å². The van der Waals surface area contributed by atoms with Gasteiger partial charge in [-0.1, -0.05) is 12.1 Å². The van der Waals surface area contributed by atoms with E-state index in [0.717, 1.165) is 11.1 Å². The van der Waals surface area contributed by atoms with Crippen LogP contribution in [0.25, 0.3) is 21.9 Å². The Morgan fingerprint density at radius 1 is 1.00 bits per heavy atom. The van der Waals surface area contributed by atoms with Crippen LogP contribution in [0.4, 0.5) is 0 Å². The highest BCUT2D eigenvalue weighted by atomic mass is 32.3. The average Bonchev–Trinajstić information content (AvgIpc) is 2.50. The monoisotopic (exact) mass is 331 g/mol. The van der Waals surface area contributed by atoms with Gasteiger partial charge in [-0.3, -0.25) is 13.9 Å². The second kappa shape index (κ2) is 5.42. The Morgan fingerprint density at radius 3 is 2.26 bits per heavy atom. The maximum atomic E-state index is 12.2. The molecule has 23 heavy (non-hydrogen) atoms. The van der Waals surface area contributed by atoms with Crippen LogP contribution in [0.1, 0.15) is 0 Å². The van der Waals surface area contributed by atoms with E-state index < -0.39 is 10.6 Å². The van der Waals surface area contributed by atoms with Crippen LogP contribution >= 0.6 is 10.6 Å². The molecule has 2 aromatic carbocycles. The first-order chi connectivity index (χ1) is 10.8. The Balaban J connectivity index is 2.26. The summed E-state index contributed by atoms with van der Waals surface area (Å²) in [6.45, 7) is 0. The number of nitrogens with zero attached hydrogens (tertiary/aromatic N) is 1. The van der Waals surface area contributed by atoms with Gasteiger partial charge in [0.15, 0.2) is 0 Å². The second-order valence-corrected chi connectivity index (χ2v) is 7.68. The van der Waals surface area contributed by atoms with Crippen LogP contribution < -0.4 is 5.56 Å². The van der Waals surface area contributed by atoms with Gasteiger partial charge < -0.3 is 9.67 Å². The molecule has 0 saturated carbocycles. The molecule has 0 saturated heterocycles. The molecular formula is C17H17NO4S. The quantitative estimate of drug-likeness (QED) is 0.669. The Morgan fingerprint density at radius 2 is 1.65 bits per heavy atom. The van der Waals surface area contributed by atoms with Gasteiger partial charge in [-0.15, -0.1) is 0 Å². The van der Waals surface area contributed by atoms with Crippen LogP contribution in [0.2, 0.25) is 0 Å². The molecule has 0 radical (unpaired) electrons. The molecule has 3 N–H and O–H groups in total. The lowest BCUT2D eigenvalue weighted by atomic mass is 10.0. The zero-order chi connectivity index (χ0) is 16.8. The molecule has 5 nitrogen and oxygen atoms in total. The fraction of sp³-hybridized carbons (Fsp3) is 0.118. The number of benzene rings is 2. The molecule has 0 amide bonds. The number of pyridine rings is 1. The van der Waals surface area contributed by atoms with Crippen molar-refractivity contribution in [2.24, 2.45) is 7.05 Å². The molecule has 120 valence electrons. The van der Waals surface area contributed by atoms with E-state index in [0.29, 0.717) is 15.7 Å². The van der Waals surface area contributed by atoms with Crippen LogP contribution in [-0.2, 0) is 7.05 Å². The first-order valence-corrected chi connectivity index (χ1v) is 8.89. The lowest BCUT2D eigenvalue weighted by Gasteiger charge is -2.26. The van der Waals surface area contributed by atoms with E-state index in [4.69, 9.17) is 0 Å². The second-order valence-electron chi connectivity index (χ2n) is 5.55. The summed E-state index contributed by atoms with van der Waals surface area (Å²) in [4.78, 5) is 12.7. The molecule has 1 aromatic heterocycles. The van der Waals surface area contributed by atoms with Crippen molar-refractivity contribution in [1.82, 2.24) is 4.57 Å². The third kappa shape index (κ3) is 2.84. The minimum atomic E-state index is -2.76. The van der Waals surface area contributed by atoms with Gasteiger partial charge in [0.2, 0.25) is 0 Å². The summed E-state index contributed by atoms with van der Waals surface area (Å²) in [5.74, 6) is 0.0892. The Kier molecular flexibility index (Phi) is 3.68. The van der Waals surface area contributed by atoms with Crippen LogP contribution in [0.5, 0.6) is 5.75 Å². The maximum Gasteiger partial charge on any atom is 0.258 e. The van der Waals surface area contributed by atoms with Crippen molar-refractivity contribution < 1.29 is 14.2 Å². The van der Waals surface area contributed by atoms with Gasteiger partial charge >= 0.3 is 0 Å². The maximum absolute atomic E-state index is 12.2. The predicted molar refractivity (Wildman–Crippen MR) is 93.3 cm³/mol. The van der Waals surface area contributed by atoms with Crippen molar-refractivity contribution >= 4 is 21.4 Å². The Hall–Kier alpha value is -2.28. The molecule has 3 rings (SSSR count). The topological polar surface area (TPSA) is 82.7 Å². The van der Waals surface area contributed by atoms with Gasteiger partial charge in [-0.05, 0) is 35.9 Å². The highest BCUT2D eigenvalue weighted by Gasteiger charge is 2.12. The van der Waals surface area contributed by atoms with Crippen LogP contribution in [0.3, 0.4) is 0 Å². The van der Waals surface area contributed by atoms with Gasteiger partial charge in [0, 0.05) is 35.8 Å². The van der Waals surface area contributed by atoms with E-state index in [9.17, 15) is 19.0 Å². The van der Waals surface area contributed by atoms with Crippen LogP contribution in [0.15, 0.2) is 58.4 Å². The van der Waals surface area contributed by atoms with Crippen molar-refractivity contribution in [2.45, 2.75) is 4.90 Å². The zero-order valence-electron chi connectivity index (χ0n) is 12.7. The van der Waals surface area contributed by atoms with E-state index in [1.165, 1.54) is 16.9 Å².